The third kappa shape index (κ3) is 3.73. The molecular weight excluding hydrogens is 395 g/mol. The van der Waals surface area contributed by atoms with Crippen molar-refractivity contribution in [1.29, 1.82) is 0 Å². The van der Waals surface area contributed by atoms with Gasteiger partial charge in [-0.25, -0.2) is 4.39 Å². The third-order valence-electron chi connectivity index (χ3n) is 7.58. The molecule has 2 heterocycles. The molecule has 1 aliphatic heterocycles. The number of amides is 2. The number of piperazine rings is 1. The third-order valence-corrected chi connectivity index (χ3v) is 7.58. The molecule has 2 aromatic rings. The fourth-order valence-electron chi connectivity index (χ4n) is 5.72. The van der Waals surface area contributed by atoms with Crippen LogP contribution in [0.2, 0.25) is 0 Å². The average molecular weight is 427 g/mol. The standard InChI is InChI=1S/C24H31FN4O2/c1-15-6-7-20(25)19-13-21(27-22(15)19)23(31)26-17-4-3-5-18(12-17)28-10-11-29(16(2)30)24(14-28)8-9-24/h6-7,13,17-18,27H,3-5,8-12,14H2,1-2H3,(H,26,31)/t17-,18+/m1/s1. The van der Waals surface area contributed by atoms with Crippen molar-refractivity contribution in [2.75, 3.05) is 19.6 Å². The maximum absolute atomic E-state index is 14.1. The molecule has 2 atom stereocenters. The summed E-state index contributed by atoms with van der Waals surface area (Å²) >= 11 is 0. The van der Waals surface area contributed by atoms with Gasteiger partial charge in [-0.1, -0.05) is 6.07 Å². The number of carbonyl (C=O) groups excluding carboxylic acids is 2. The van der Waals surface area contributed by atoms with Gasteiger partial charge in [-0.15, -0.1) is 0 Å². The van der Waals surface area contributed by atoms with Gasteiger partial charge in [0.2, 0.25) is 5.91 Å². The fourth-order valence-corrected chi connectivity index (χ4v) is 5.72. The SMILES string of the molecule is CC(=O)N1CCN([C@H]2CCC[C@@H](NC(=O)c3cc4c(F)ccc(C)c4[nH]3)C2)CC12CC2. The van der Waals surface area contributed by atoms with E-state index in [4.69, 9.17) is 0 Å². The highest BCUT2D eigenvalue weighted by molar-refractivity contribution is 5.99. The van der Waals surface area contributed by atoms with Crippen molar-refractivity contribution in [3.63, 3.8) is 0 Å². The Hall–Kier alpha value is -2.41. The van der Waals surface area contributed by atoms with Gasteiger partial charge in [0.25, 0.3) is 5.91 Å². The predicted octanol–water partition coefficient (Wildman–Crippen LogP) is 3.35. The highest BCUT2D eigenvalue weighted by atomic mass is 19.1. The first-order chi connectivity index (χ1) is 14.9. The van der Waals surface area contributed by atoms with Crippen molar-refractivity contribution < 1.29 is 14.0 Å². The first-order valence-electron chi connectivity index (χ1n) is 11.5. The van der Waals surface area contributed by atoms with E-state index in [-0.39, 0.29) is 29.2 Å². The number of halogens is 1. The van der Waals surface area contributed by atoms with Gasteiger partial charge in [0.1, 0.15) is 11.5 Å². The molecule has 2 saturated carbocycles. The lowest BCUT2D eigenvalue weighted by Gasteiger charge is -2.46. The van der Waals surface area contributed by atoms with Crippen molar-refractivity contribution in [2.24, 2.45) is 0 Å². The zero-order valence-corrected chi connectivity index (χ0v) is 18.3. The van der Waals surface area contributed by atoms with Gasteiger partial charge in [-0.05, 0) is 63.1 Å². The molecule has 3 aliphatic rings. The molecule has 3 fully saturated rings. The second-order valence-electron chi connectivity index (χ2n) is 9.69. The Morgan fingerprint density at radius 2 is 2.03 bits per heavy atom. The monoisotopic (exact) mass is 426 g/mol. The van der Waals surface area contributed by atoms with E-state index in [2.05, 4.69) is 20.1 Å². The maximum atomic E-state index is 14.1. The minimum absolute atomic E-state index is 0.0621. The summed E-state index contributed by atoms with van der Waals surface area (Å²) in [4.78, 5) is 32.6. The normalized spacial score (nSPS) is 25.7. The number of hydrogen-bond donors (Lipinski definition) is 2. The lowest BCUT2D eigenvalue weighted by Crippen LogP contribution is -2.59. The molecule has 166 valence electrons. The Morgan fingerprint density at radius 1 is 1.23 bits per heavy atom. The summed E-state index contributed by atoms with van der Waals surface area (Å²) in [7, 11) is 0. The van der Waals surface area contributed by atoms with E-state index in [9.17, 15) is 14.0 Å². The number of rotatable bonds is 3. The van der Waals surface area contributed by atoms with Crippen LogP contribution in [0.3, 0.4) is 0 Å². The van der Waals surface area contributed by atoms with Gasteiger partial charge >= 0.3 is 0 Å². The summed E-state index contributed by atoms with van der Waals surface area (Å²) in [5, 5.41) is 3.65. The van der Waals surface area contributed by atoms with Crippen LogP contribution in [-0.2, 0) is 4.79 Å². The van der Waals surface area contributed by atoms with Crippen LogP contribution in [0.1, 0.15) is 61.5 Å². The van der Waals surface area contributed by atoms with Crippen molar-refractivity contribution in [2.45, 2.75) is 70.0 Å². The van der Waals surface area contributed by atoms with Crippen LogP contribution in [0.25, 0.3) is 10.9 Å². The predicted molar refractivity (Wildman–Crippen MR) is 117 cm³/mol. The van der Waals surface area contributed by atoms with Crippen molar-refractivity contribution in [3.8, 4) is 0 Å². The summed E-state index contributed by atoms with van der Waals surface area (Å²) in [5.74, 6) is -0.288. The van der Waals surface area contributed by atoms with Gasteiger partial charge in [-0.2, -0.15) is 0 Å². The molecule has 2 N–H and O–H groups in total. The van der Waals surface area contributed by atoms with Crippen LogP contribution in [0.5, 0.6) is 0 Å². The van der Waals surface area contributed by atoms with Crippen LogP contribution in [0, 0.1) is 12.7 Å². The Bertz CT molecular complexity index is 989. The molecule has 1 aromatic carbocycles. The first-order valence-corrected chi connectivity index (χ1v) is 11.5. The van der Waals surface area contributed by atoms with E-state index in [1.807, 2.05) is 6.92 Å². The van der Waals surface area contributed by atoms with Crippen LogP contribution in [0.15, 0.2) is 18.2 Å². The maximum Gasteiger partial charge on any atom is 0.267 e. The Kier molecular flexibility index (Phi) is 5.04. The molecule has 1 aromatic heterocycles. The van der Waals surface area contributed by atoms with E-state index < -0.39 is 0 Å². The number of aromatic amines is 1. The zero-order chi connectivity index (χ0) is 21.8. The van der Waals surface area contributed by atoms with Crippen LogP contribution in [-0.4, -0.2) is 63.9 Å². The number of fused-ring (bicyclic) bond motifs is 1. The molecule has 7 heteroatoms. The van der Waals surface area contributed by atoms with Crippen molar-refractivity contribution in [3.05, 3.63) is 35.3 Å². The number of nitrogens with zero attached hydrogens (tertiary/aromatic N) is 2. The molecule has 1 spiro atoms. The molecule has 6 nitrogen and oxygen atoms in total. The first kappa shape index (κ1) is 20.5. The summed E-state index contributed by atoms with van der Waals surface area (Å²) < 4.78 is 14.1. The van der Waals surface area contributed by atoms with E-state index >= 15 is 0 Å². The number of hydrogen-bond acceptors (Lipinski definition) is 3. The van der Waals surface area contributed by atoms with Crippen LogP contribution in [0.4, 0.5) is 4.39 Å². The highest BCUT2D eigenvalue weighted by Gasteiger charge is 2.53. The van der Waals surface area contributed by atoms with Gasteiger partial charge in [0.15, 0.2) is 0 Å². The molecule has 5 rings (SSSR count). The lowest BCUT2D eigenvalue weighted by atomic mass is 9.88. The Labute approximate surface area is 182 Å². The summed E-state index contributed by atoms with van der Waals surface area (Å²) in [6, 6.07) is 5.33. The molecule has 2 amide bonds. The van der Waals surface area contributed by atoms with E-state index in [1.54, 1.807) is 19.1 Å². The lowest BCUT2D eigenvalue weighted by molar-refractivity contribution is -0.135. The number of benzene rings is 1. The molecule has 0 unspecified atom stereocenters. The molecule has 31 heavy (non-hydrogen) atoms. The number of nitrogens with one attached hydrogen (secondary N) is 2. The van der Waals surface area contributed by atoms with Gasteiger partial charge in [0, 0.05) is 44.0 Å². The number of aryl methyl sites for hydroxylation is 1. The molecule has 2 aliphatic carbocycles. The van der Waals surface area contributed by atoms with E-state index in [0.29, 0.717) is 22.6 Å². The minimum atomic E-state index is -0.313. The summed E-state index contributed by atoms with van der Waals surface area (Å²) in [6.07, 6.45) is 6.32. The number of carbonyl (C=O) groups is 2. The number of aromatic nitrogens is 1. The van der Waals surface area contributed by atoms with Gasteiger partial charge < -0.3 is 15.2 Å². The highest BCUT2D eigenvalue weighted by Crippen LogP contribution is 2.45. The quantitative estimate of drug-likeness (QED) is 0.791. The molecule has 1 saturated heterocycles. The second kappa shape index (κ2) is 7.62. The van der Waals surface area contributed by atoms with Gasteiger partial charge in [0.05, 0.1) is 11.1 Å². The zero-order valence-electron chi connectivity index (χ0n) is 18.3. The molecular formula is C24H31FN4O2. The summed E-state index contributed by atoms with van der Waals surface area (Å²) in [6.45, 7) is 6.26. The minimum Gasteiger partial charge on any atom is -0.350 e. The topological polar surface area (TPSA) is 68.4 Å². The second-order valence-corrected chi connectivity index (χ2v) is 9.69. The largest absolute Gasteiger partial charge is 0.350 e. The molecule has 0 radical (unpaired) electrons. The smallest absolute Gasteiger partial charge is 0.267 e. The number of H-pyrrole nitrogens is 1. The Morgan fingerprint density at radius 3 is 2.74 bits per heavy atom. The summed E-state index contributed by atoms with van der Waals surface area (Å²) in [5.41, 5.74) is 2.08. The van der Waals surface area contributed by atoms with Crippen LogP contribution >= 0.6 is 0 Å². The van der Waals surface area contributed by atoms with Crippen molar-refractivity contribution >= 4 is 22.7 Å². The van der Waals surface area contributed by atoms with Crippen molar-refractivity contribution in [1.82, 2.24) is 20.1 Å². The van der Waals surface area contributed by atoms with Crippen LogP contribution < -0.4 is 5.32 Å². The van der Waals surface area contributed by atoms with E-state index in [1.165, 1.54) is 6.07 Å². The van der Waals surface area contributed by atoms with E-state index in [0.717, 1.165) is 63.7 Å². The fraction of sp³-hybridized carbons (Fsp3) is 0.583. The average Bonchev–Trinajstić information content (AvgIpc) is 3.34. The van der Waals surface area contributed by atoms with Gasteiger partial charge in [-0.3, -0.25) is 14.5 Å². The molecule has 0 bridgehead atoms. The Balaban J connectivity index is 1.24.